The van der Waals surface area contributed by atoms with E-state index in [1.165, 1.54) is 17.7 Å². The molecule has 0 bridgehead atoms. The van der Waals surface area contributed by atoms with Crippen molar-refractivity contribution in [1.29, 1.82) is 0 Å². The first-order valence-corrected chi connectivity index (χ1v) is 9.41. The molecule has 2 heterocycles. The molecule has 1 aliphatic rings. The fourth-order valence-corrected chi connectivity index (χ4v) is 3.53. The van der Waals surface area contributed by atoms with Gasteiger partial charge < -0.3 is 24.2 Å². The molecule has 0 amide bonds. The van der Waals surface area contributed by atoms with E-state index in [4.69, 9.17) is 14.0 Å². The van der Waals surface area contributed by atoms with E-state index in [9.17, 15) is 0 Å². The molecule has 28 heavy (non-hydrogen) atoms. The van der Waals surface area contributed by atoms with E-state index < -0.39 is 0 Å². The molecule has 3 aromatic rings. The summed E-state index contributed by atoms with van der Waals surface area (Å²) in [6.45, 7) is 2.67. The number of aromatic nitrogens is 2. The van der Waals surface area contributed by atoms with Gasteiger partial charge in [-0.15, -0.1) is 0 Å². The molecule has 0 saturated heterocycles. The number of nitrogens with zero attached hydrogens (tertiary/aromatic N) is 3. The van der Waals surface area contributed by atoms with Gasteiger partial charge in [0.2, 0.25) is 5.82 Å². The number of ether oxygens (including phenoxy) is 2. The lowest BCUT2D eigenvalue weighted by Gasteiger charge is -2.31. The van der Waals surface area contributed by atoms with Crippen LogP contribution in [0.5, 0.6) is 11.5 Å². The van der Waals surface area contributed by atoms with Gasteiger partial charge in [-0.2, -0.15) is 4.98 Å². The van der Waals surface area contributed by atoms with Crippen molar-refractivity contribution in [3.05, 3.63) is 48.0 Å². The molecule has 0 fully saturated rings. The predicted molar refractivity (Wildman–Crippen MR) is 108 cm³/mol. The monoisotopic (exact) mass is 380 g/mol. The Morgan fingerprint density at radius 1 is 1.11 bits per heavy atom. The largest absolute Gasteiger partial charge is 0.493 e. The topological polar surface area (TPSA) is 72.7 Å². The number of fused-ring (bicyclic) bond motifs is 1. The first-order chi connectivity index (χ1) is 13.8. The Kier molecular flexibility index (Phi) is 5.32. The third-order valence-electron chi connectivity index (χ3n) is 4.93. The Hall–Kier alpha value is -3.22. The third kappa shape index (κ3) is 3.74. The minimum absolute atomic E-state index is 0.412. The lowest BCUT2D eigenvalue weighted by Crippen LogP contribution is -2.33. The molecule has 2 aromatic carbocycles. The minimum atomic E-state index is 0.412. The van der Waals surface area contributed by atoms with Crippen molar-refractivity contribution >= 4 is 11.7 Å². The number of anilines is 2. The standard InChI is InChI=1S/C21H24N4O3/c1-26-18-10-9-16(14-19(18)27-2)20-23-21(28-24-20)22-11-13-25-12-5-7-15-6-3-4-8-17(15)25/h3-4,6,8-10,14H,5,7,11-13H2,1-2H3,(H,22,23,24). The van der Waals surface area contributed by atoms with Gasteiger partial charge in [-0.1, -0.05) is 23.4 Å². The quantitative estimate of drug-likeness (QED) is 0.671. The second-order valence-corrected chi connectivity index (χ2v) is 6.64. The van der Waals surface area contributed by atoms with Crippen LogP contribution in [-0.2, 0) is 6.42 Å². The van der Waals surface area contributed by atoms with E-state index in [1.54, 1.807) is 14.2 Å². The van der Waals surface area contributed by atoms with Crippen molar-refractivity contribution in [3.8, 4) is 22.9 Å². The Morgan fingerprint density at radius 2 is 1.96 bits per heavy atom. The molecule has 1 aromatic heterocycles. The van der Waals surface area contributed by atoms with Gasteiger partial charge in [0.25, 0.3) is 0 Å². The van der Waals surface area contributed by atoms with Crippen LogP contribution in [0.25, 0.3) is 11.4 Å². The van der Waals surface area contributed by atoms with Crippen molar-refractivity contribution in [3.63, 3.8) is 0 Å². The fraction of sp³-hybridized carbons (Fsp3) is 0.333. The highest BCUT2D eigenvalue weighted by Gasteiger charge is 2.16. The summed E-state index contributed by atoms with van der Waals surface area (Å²) in [7, 11) is 3.21. The Balaban J connectivity index is 1.38. The van der Waals surface area contributed by atoms with Crippen molar-refractivity contribution in [1.82, 2.24) is 10.1 Å². The second-order valence-electron chi connectivity index (χ2n) is 6.64. The van der Waals surface area contributed by atoms with E-state index in [0.717, 1.165) is 31.6 Å². The van der Waals surface area contributed by atoms with Crippen LogP contribution >= 0.6 is 0 Å². The number of hydrogen-bond acceptors (Lipinski definition) is 7. The summed E-state index contributed by atoms with van der Waals surface area (Å²) >= 11 is 0. The molecule has 1 aliphatic heterocycles. The minimum Gasteiger partial charge on any atom is -0.493 e. The summed E-state index contributed by atoms with van der Waals surface area (Å²) in [6, 6.07) is 14.5. The first-order valence-electron chi connectivity index (χ1n) is 9.41. The molecular formula is C21H24N4O3. The molecule has 146 valence electrons. The molecule has 7 heteroatoms. The molecular weight excluding hydrogens is 356 g/mol. The van der Waals surface area contributed by atoms with Crippen LogP contribution in [0.1, 0.15) is 12.0 Å². The van der Waals surface area contributed by atoms with E-state index >= 15 is 0 Å². The number of nitrogens with one attached hydrogen (secondary N) is 1. The van der Waals surface area contributed by atoms with Crippen molar-refractivity contribution in [2.24, 2.45) is 0 Å². The van der Waals surface area contributed by atoms with Gasteiger partial charge in [0, 0.05) is 30.9 Å². The molecule has 0 atom stereocenters. The molecule has 0 unspecified atom stereocenters. The van der Waals surface area contributed by atoms with Gasteiger partial charge in [-0.05, 0) is 42.7 Å². The van der Waals surface area contributed by atoms with Gasteiger partial charge in [-0.3, -0.25) is 0 Å². The van der Waals surface area contributed by atoms with E-state index in [-0.39, 0.29) is 0 Å². The van der Waals surface area contributed by atoms with Crippen molar-refractivity contribution in [2.75, 3.05) is 44.1 Å². The van der Waals surface area contributed by atoms with Crippen molar-refractivity contribution in [2.45, 2.75) is 12.8 Å². The number of aryl methyl sites for hydroxylation is 1. The average molecular weight is 380 g/mol. The van der Waals surface area contributed by atoms with Crippen LogP contribution in [0.2, 0.25) is 0 Å². The predicted octanol–water partition coefficient (Wildman–Crippen LogP) is 3.62. The zero-order chi connectivity index (χ0) is 19.3. The Morgan fingerprint density at radius 3 is 2.82 bits per heavy atom. The molecule has 7 nitrogen and oxygen atoms in total. The number of hydrogen-bond donors (Lipinski definition) is 1. The smallest absolute Gasteiger partial charge is 0.321 e. The SMILES string of the molecule is COc1ccc(-c2noc(NCCN3CCCc4ccccc43)n2)cc1OC. The Labute approximate surface area is 164 Å². The number of rotatable bonds is 7. The molecule has 4 rings (SSSR count). The van der Waals surface area contributed by atoms with Crippen LogP contribution in [-0.4, -0.2) is 44.0 Å². The van der Waals surface area contributed by atoms with Gasteiger partial charge in [0.1, 0.15) is 0 Å². The maximum atomic E-state index is 5.35. The maximum absolute atomic E-state index is 5.35. The highest BCUT2D eigenvalue weighted by atomic mass is 16.5. The highest BCUT2D eigenvalue weighted by Crippen LogP contribution is 2.31. The molecule has 0 aliphatic carbocycles. The second kappa shape index (κ2) is 8.21. The summed E-state index contributed by atoms with van der Waals surface area (Å²) in [6.07, 6.45) is 2.33. The average Bonchev–Trinajstić information content (AvgIpc) is 3.22. The number of para-hydroxylation sites is 1. The van der Waals surface area contributed by atoms with Gasteiger partial charge >= 0.3 is 6.01 Å². The normalized spacial score (nSPS) is 13.1. The van der Waals surface area contributed by atoms with Crippen LogP contribution < -0.4 is 19.7 Å². The lowest BCUT2D eigenvalue weighted by atomic mass is 10.0. The van der Waals surface area contributed by atoms with Crippen LogP contribution in [0, 0.1) is 0 Å². The zero-order valence-corrected chi connectivity index (χ0v) is 16.1. The lowest BCUT2D eigenvalue weighted by molar-refractivity contribution is 0.355. The maximum Gasteiger partial charge on any atom is 0.321 e. The van der Waals surface area contributed by atoms with E-state index in [2.05, 4.69) is 44.6 Å². The summed E-state index contributed by atoms with van der Waals surface area (Å²) < 4.78 is 15.9. The fourth-order valence-electron chi connectivity index (χ4n) is 3.53. The van der Waals surface area contributed by atoms with E-state index in [1.807, 2.05) is 18.2 Å². The molecule has 1 N–H and O–H groups in total. The number of benzene rings is 2. The number of methoxy groups -OCH3 is 2. The van der Waals surface area contributed by atoms with Crippen molar-refractivity contribution < 1.29 is 14.0 Å². The zero-order valence-electron chi connectivity index (χ0n) is 16.1. The first kappa shape index (κ1) is 18.2. The molecule has 0 radical (unpaired) electrons. The van der Waals surface area contributed by atoms with Gasteiger partial charge in [-0.25, -0.2) is 0 Å². The third-order valence-corrected chi connectivity index (χ3v) is 4.93. The summed E-state index contributed by atoms with van der Waals surface area (Å²) in [4.78, 5) is 6.83. The van der Waals surface area contributed by atoms with E-state index in [0.29, 0.717) is 23.3 Å². The Bertz CT molecular complexity index is 941. The van der Waals surface area contributed by atoms with Crippen LogP contribution in [0.15, 0.2) is 47.0 Å². The summed E-state index contributed by atoms with van der Waals surface area (Å²) in [5, 5.41) is 7.29. The van der Waals surface area contributed by atoms with Gasteiger partial charge in [0.05, 0.1) is 14.2 Å². The summed E-state index contributed by atoms with van der Waals surface area (Å²) in [5.74, 6) is 1.80. The highest BCUT2D eigenvalue weighted by molar-refractivity contribution is 5.61. The van der Waals surface area contributed by atoms with Crippen LogP contribution in [0.3, 0.4) is 0 Å². The molecule has 0 saturated carbocycles. The van der Waals surface area contributed by atoms with Crippen LogP contribution in [0.4, 0.5) is 11.7 Å². The molecule has 0 spiro atoms. The summed E-state index contributed by atoms with van der Waals surface area (Å²) in [5.41, 5.74) is 3.55. The van der Waals surface area contributed by atoms with Gasteiger partial charge in [0.15, 0.2) is 11.5 Å².